The molecule has 2 N–H and O–H groups in total. The standard InChI is InChI=1S/C27H31BrN7OP/c1-35(2)22-8-6-7-16-13-21(23(36-3)14-17(16)22)33-27-31-15-18(28)26(34-27)32-20-10-9-19-24(25(20)37(4)5)30-12-11-29-19/h9-15,22H,6-8H2,1-5H3,(H2,31,32,33,34)/t22-/m0/s1. The zero-order valence-electron chi connectivity index (χ0n) is 21.7. The molecule has 1 aliphatic rings. The molecular weight excluding hydrogens is 549 g/mol. The highest BCUT2D eigenvalue weighted by Crippen LogP contribution is 2.40. The second-order valence-corrected chi connectivity index (χ2v) is 12.6. The summed E-state index contributed by atoms with van der Waals surface area (Å²) in [5, 5.41) is 8.07. The molecule has 0 amide bonds. The van der Waals surface area contributed by atoms with Crippen molar-refractivity contribution >= 4 is 63.3 Å². The number of anilines is 4. The van der Waals surface area contributed by atoms with E-state index >= 15 is 0 Å². The Morgan fingerprint density at radius 3 is 2.62 bits per heavy atom. The number of aromatic nitrogens is 4. The predicted molar refractivity (Wildman–Crippen MR) is 157 cm³/mol. The highest BCUT2D eigenvalue weighted by Gasteiger charge is 2.24. The minimum atomic E-state index is -0.449. The number of benzene rings is 2. The molecule has 1 atom stereocenters. The monoisotopic (exact) mass is 579 g/mol. The number of aryl methyl sites for hydroxylation is 1. The van der Waals surface area contributed by atoms with Crippen LogP contribution in [0.2, 0.25) is 0 Å². The minimum Gasteiger partial charge on any atom is -0.495 e. The quantitative estimate of drug-likeness (QED) is 0.258. The van der Waals surface area contributed by atoms with Crippen LogP contribution in [0.3, 0.4) is 0 Å². The smallest absolute Gasteiger partial charge is 0.229 e. The molecule has 0 radical (unpaired) electrons. The number of hydrogen-bond acceptors (Lipinski definition) is 8. The van der Waals surface area contributed by atoms with Gasteiger partial charge in [0.15, 0.2) is 0 Å². The summed E-state index contributed by atoms with van der Waals surface area (Å²) in [6, 6.07) is 8.77. The Balaban J connectivity index is 1.48. The van der Waals surface area contributed by atoms with Gasteiger partial charge in [-0.2, -0.15) is 4.98 Å². The molecule has 0 aliphatic heterocycles. The van der Waals surface area contributed by atoms with Gasteiger partial charge in [-0.25, -0.2) is 4.98 Å². The molecule has 2 heterocycles. The van der Waals surface area contributed by atoms with E-state index in [1.807, 2.05) is 12.1 Å². The van der Waals surface area contributed by atoms with Crippen molar-refractivity contribution in [1.82, 2.24) is 24.8 Å². The number of hydrogen-bond donors (Lipinski definition) is 2. The van der Waals surface area contributed by atoms with Gasteiger partial charge < -0.3 is 20.3 Å². The van der Waals surface area contributed by atoms with Crippen molar-refractivity contribution in [2.75, 3.05) is 45.2 Å². The molecule has 0 bridgehead atoms. The number of nitrogens with zero attached hydrogens (tertiary/aromatic N) is 5. The molecule has 0 spiro atoms. The third kappa shape index (κ3) is 5.26. The van der Waals surface area contributed by atoms with Crippen LogP contribution in [0.15, 0.2) is 47.3 Å². The van der Waals surface area contributed by atoms with Gasteiger partial charge >= 0.3 is 0 Å². The molecule has 37 heavy (non-hydrogen) atoms. The molecule has 2 aromatic heterocycles. The first-order valence-corrected chi connectivity index (χ1v) is 15.2. The number of halogens is 1. The molecule has 2 aromatic carbocycles. The largest absolute Gasteiger partial charge is 0.495 e. The van der Waals surface area contributed by atoms with Gasteiger partial charge in [0.2, 0.25) is 5.95 Å². The second-order valence-electron chi connectivity index (χ2n) is 9.54. The van der Waals surface area contributed by atoms with E-state index in [1.165, 1.54) is 17.5 Å². The van der Waals surface area contributed by atoms with E-state index in [1.54, 1.807) is 25.7 Å². The predicted octanol–water partition coefficient (Wildman–Crippen LogP) is 5.98. The Morgan fingerprint density at radius 1 is 1.05 bits per heavy atom. The Hall–Kier alpha value is -2.87. The van der Waals surface area contributed by atoms with Crippen molar-refractivity contribution in [1.29, 1.82) is 0 Å². The van der Waals surface area contributed by atoms with E-state index in [-0.39, 0.29) is 0 Å². The summed E-state index contributed by atoms with van der Waals surface area (Å²) in [5.41, 5.74) is 6.31. The summed E-state index contributed by atoms with van der Waals surface area (Å²) in [4.78, 5) is 20.7. The summed E-state index contributed by atoms with van der Waals surface area (Å²) < 4.78 is 6.54. The SMILES string of the molecule is COc1cc2c(cc1Nc1ncc(Br)c(Nc3ccc4nccnc4c3P(C)C)n1)CCC[C@@H]2N(C)C. The zero-order valence-corrected chi connectivity index (χ0v) is 24.2. The molecule has 4 aromatic rings. The molecule has 5 rings (SSSR count). The maximum Gasteiger partial charge on any atom is 0.229 e. The average molecular weight is 580 g/mol. The normalized spacial score (nSPS) is 15.2. The first kappa shape index (κ1) is 25.8. The average Bonchev–Trinajstić information content (AvgIpc) is 2.89. The molecule has 0 saturated heterocycles. The summed E-state index contributed by atoms with van der Waals surface area (Å²) in [7, 11) is 5.52. The van der Waals surface area contributed by atoms with Crippen LogP contribution in [-0.4, -0.2) is 59.4 Å². The van der Waals surface area contributed by atoms with Gasteiger partial charge in [0.25, 0.3) is 0 Å². The van der Waals surface area contributed by atoms with Crippen molar-refractivity contribution in [3.8, 4) is 5.75 Å². The van der Waals surface area contributed by atoms with E-state index in [9.17, 15) is 0 Å². The van der Waals surface area contributed by atoms with E-state index in [2.05, 4.69) is 86.0 Å². The summed E-state index contributed by atoms with van der Waals surface area (Å²) >= 11 is 3.61. The Morgan fingerprint density at radius 2 is 1.86 bits per heavy atom. The number of rotatable bonds is 7. The fourth-order valence-corrected chi connectivity index (χ4v) is 6.45. The van der Waals surface area contributed by atoms with Gasteiger partial charge in [-0.15, -0.1) is 0 Å². The first-order chi connectivity index (χ1) is 17.9. The molecule has 0 fully saturated rings. The van der Waals surface area contributed by atoms with Crippen molar-refractivity contribution in [3.63, 3.8) is 0 Å². The second kappa shape index (κ2) is 10.9. The van der Waals surface area contributed by atoms with Crippen molar-refractivity contribution in [2.24, 2.45) is 0 Å². The zero-order chi connectivity index (χ0) is 26.1. The first-order valence-electron chi connectivity index (χ1n) is 12.2. The van der Waals surface area contributed by atoms with E-state index in [4.69, 9.17) is 9.72 Å². The Kier molecular flexibility index (Phi) is 7.56. The molecule has 10 heteroatoms. The molecule has 192 valence electrons. The van der Waals surface area contributed by atoms with Crippen LogP contribution in [0.5, 0.6) is 5.75 Å². The van der Waals surface area contributed by atoms with Gasteiger partial charge in [0.1, 0.15) is 11.6 Å². The van der Waals surface area contributed by atoms with Crippen LogP contribution < -0.4 is 20.7 Å². The van der Waals surface area contributed by atoms with Crippen molar-refractivity contribution < 1.29 is 4.74 Å². The Bertz CT molecular complexity index is 1450. The van der Waals surface area contributed by atoms with Gasteiger partial charge in [0, 0.05) is 35.6 Å². The van der Waals surface area contributed by atoms with Crippen LogP contribution in [0, 0.1) is 0 Å². The number of ether oxygens (including phenoxy) is 1. The number of nitrogens with one attached hydrogen (secondary N) is 2. The molecule has 1 aliphatic carbocycles. The molecule has 8 nitrogen and oxygen atoms in total. The van der Waals surface area contributed by atoms with Crippen LogP contribution >= 0.6 is 23.9 Å². The van der Waals surface area contributed by atoms with Crippen LogP contribution in [0.25, 0.3) is 11.0 Å². The van der Waals surface area contributed by atoms with Gasteiger partial charge in [-0.05, 0) is 98.0 Å². The number of methoxy groups -OCH3 is 1. The van der Waals surface area contributed by atoms with E-state index in [0.29, 0.717) is 17.8 Å². The highest BCUT2D eigenvalue weighted by atomic mass is 79.9. The maximum absolute atomic E-state index is 5.77. The highest BCUT2D eigenvalue weighted by molar-refractivity contribution is 9.10. The topological polar surface area (TPSA) is 88.1 Å². The number of fused-ring (bicyclic) bond motifs is 2. The minimum absolute atomic E-state index is 0.398. The fourth-order valence-electron chi connectivity index (χ4n) is 4.95. The molecule has 0 unspecified atom stereocenters. The van der Waals surface area contributed by atoms with Crippen molar-refractivity contribution in [3.05, 3.63) is 58.5 Å². The summed E-state index contributed by atoms with van der Waals surface area (Å²) in [5.74, 6) is 1.94. The van der Waals surface area contributed by atoms with Gasteiger partial charge in [-0.3, -0.25) is 9.97 Å². The lowest BCUT2D eigenvalue weighted by molar-refractivity contribution is 0.267. The van der Waals surface area contributed by atoms with Gasteiger partial charge in [-0.1, -0.05) is 7.92 Å². The lowest BCUT2D eigenvalue weighted by Crippen LogP contribution is -2.24. The van der Waals surface area contributed by atoms with Crippen LogP contribution in [0.1, 0.15) is 30.0 Å². The fraction of sp³-hybridized carbons (Fsp3) is 0.333. The van der Waals surface area contributed by atoms with Gasteiger partial charge in [0.05, 0.1) is 28.3 Å². The van der Waals surface area contributed by atoms with E-state index < -0.39 is 7.92 Å². The third-order valence-corrected chi connectivity index (χ3v) is 8.60. The van der Waals surface area contributed by atoms with Crippen molar-refractivity contribution in [2.45, 2.75) is 25.3 Å². The van der Waals surface area contributed by atoms with Crippen LogP contribution in [0.4, 0.5) is 23.1 Å². The molecular formula is C27H31BrN7OP. The van der Waals surface area contributed by atoms with E-state index in [0.717, 1.165) is 50.8 Å². The molecule has 0 saturated carbocycles. The Labute approximate surface area is 227 Å². The summed E-state index contributed by atoms with van der Waals surface area (Å²) in [6.45, 7) is 4.43. The lowest BCUT2D eigenvalue weighted by Gasteiger charge is -2.31. The summed E-state index contributed by atoms with van der Waals surface area (Å²) in [6.07, 6.45) is 8.59. The maximum atomic E-state index is 5.77. The van der Waals surface area contributed by atoms with Crippen LogP contribution in [-0.2, 0) is 6.42 Å². The third-order valence-electron chi connectivity index (χ3n) is 6.67. The lowest BCUT2D eigenvalue weighted by atomic mass is 9.86.